The van der Waals surface area contributed by atoms with E-state index in [1.54, 1.807) is 0 Å². The largest absolute Gasteiger partial charge is 0.261 e. The first kappa shape index (κ1) is 14.2. The highest BCUT2D eigenvalue weighted by atomic mass is 14.7. The van der Waals surface area contributed by atoms with Gasteiger partial charge < -0.3 is 0 Å². The lowest BCUT2D eigenvalue weighted by Crippen LogP contribution is -1.98. The fourth-order valence-electron chi connectivity index (χ4n) is 1.21. The van der Waals surface area contributed by atoms with Crippen molar-refractivity contribution in [1.29, 1.82) is 0 Å². The minimum Gasteiger partial charge on any atom is -0.261 e. The van der Waals surface area contributed by atoms with Crippen LogP contribution in [0.15, 0.2) is 12.3 Å². The van der Waals surface area contributed by atoms with Gasteiger partial charge >= 0.3 is 0 Å². The molecule has 0 bridgehead atoms. The molecular weight excluding hydrogens is 182 g/mol. The molecule has 0 N–H and O–H groups in total. The SMILES string of the molecule is CCC.Cc1cnc(CC(C)C)cc1C. The van der Waals surface area contributed by atoms with Gasteiger partial charge in [0, 0.05) is 11.9 Å². The Labute approximate surface area is 94.9 Å². The summed E-state index contributed by atoms with van der Waals surface area (Å²) in [7, 11) is 0. The molecule has 0 saturated carbocycles. The Kier molecular flexibility index (Phi) is 7.02. The molecule has 15 heavy (non-hydrogen) atoms. The Morgan fingerprint density at radius 1 is 1.13 bits per heavy atom. The molecule has 0 aliphatic carbocycles. The molecule has 1 aromatic rings. The second-order valence-electron chi connectivity index (χ2n) is 4.56. The third-order valence-electron chi connectivity index (χ3n) is 2.05. The van der Waals surface area contributed by atoms with Crippen LogP contribution < -0.4 is 0 Å². The fourth-order valence-corrected chi connectivity index (χ4v) is 1.21. The van der Waals surface area contributed by atoms with Gasteiger partial charge in [-0.3, -0.25) is 4.98 Å². The third kappa shape index (κ3) is 6.27. The Bertz CT molecular complexity index is 277. The molecule has 0 atom stereocenters. The van der Waals surface area contributed by atoms with Crippen LogP contribution in [-0.4, -0.2) is 4.98 Å². The topological polar surface area (TPSA) is 12.9 Å². The van der Waals surface area contributed by atoms with Gasteiger partial charge in [-0.25, -0.2) is 0 Å². The summed E-state index contributed by atoms with van der Waals surface area (Å²) in [5, 5.41) is 0. The number of aryl methyl sites for hydroxylation is 2. The van der Waals surface area contributed by atoms with E-state index >= 15 is 0 Å². The fraction of sp³-hybridized carbons (Fsp3) is 0.643. The van der Waals surface area contributed by atoms with Gasteiger partial charge in [-0.15, -0.1) is 0 Å². The van der Waals surface area contributed by atoms with Gasteiger partial charge in [0.15, 0.2) is 0 Å². The van der Waals surface area contributed by atoms with Crippen LogP contribution in [0.1, 0.15) is 50.9 Å². The monoisotopic (exact) mass is 207 g/mol. The quantitative estimate of drug-likeness (QED) is 0.704. The lowest BCUT2D eigenvalue weighted by atomic mass is 10.1. The highest BCUT2D eigenvalue weighted by molar-refractivity contribution is 5.23. The predicted molar refractivity (Wildman–Crippen MR) is 68.2 cm³/mol. The average Bonchev–Trinajstić information content (AvgIpc) is 2.12. The lowest BCUT2D eigenvalue weighted by molar-refractivity contribution is 0.634. The number of pyridine rings is 1. The van der Waals surface area contributed by atoms with Gasteiger partial charge in [-0.1, -0.05) is 34.1 Å². The molecule has 0 saturated heterocycles. The van der Waals surface area contributed by atoms with Crippen LogP contribution >= 0.6 is 0 Å². The van der Waals surface area contributed by atoms with Crippen LogP contribution in [0.5, 0.6) is 0 Å². The van der Waals surface area contributed by atoms with Crippen molar-refractivity contribution in [2.24, 2.45) is 5.92 Å². The summed E-state index contributed by atoms with van der Waals surface area (Å²) in [6.45, 7) is 12.9. The van der Waals surface area contributed by atoms with Crippen LogP contribution in [0.2, 0.25) is 0 Å². The summed E-state index contributed by atoms with van der Waals surface area (Å²) < 4.78 is 0. The molecule has 0 aliphatic heterocycles. The van der Waals surface area contributed by atoms with Crippen LogP contribution in [-0.2, 0) is 6.42 Å². The molecule has 1 heteroatoms. The zero-order chi connectivity index (χ0) is 11.8. The highest BCUT2D eigenvalue weighted by Crippen LogP contribution is 2.10. The van der Waals surface area contributed by atoms with Crippen LogP contribution in [0, 0.1) is 19.8 Å². The molecule has 0 fully saturated rings. The molecule has 0 aliphatic rings. The van der Waals surface area contributed by atoms with Crippen LogP contribution in [0.3, 0.4) is 0 Å². The zero-order valence-corrected chi connectivity index (χ0v) is 11.1. The van der Waals surface area contributed by atoms with Crippen LogP contribution in [0.25, 0.3) is 0 Å². The number of hydrogen-bond acceptors (Lipinski definition) is 1. The van der Waals surface area contributed by atoms with E-state index in [2.05, 4.69) is 52.6 Å². The van der Waals surface area contributed by atoms with Crippen LogP contribution in [0.4, 0.5) is 0 Å². The highest BCUT2D eigenvalue weighted by Gasteiger charge is 2.00. The second kappa shape index (κ2) is 7.44. The van der Waals surface area contributed by atoms with E-state index in [0.29, 0.717) is 5.92 Å². The Hall–Kier alpha value is -0.850. The summed E-state index contributed by atoms with van der Waals surface area (Å²) in [6.07, 6.45) is 4.30. The molecule has 1 heterocycles. The maximum absolute atomic E-state index is 4.38. The molecule has 0 radical (unpaired) electrons. The van der Waals surface area contributed by atoms with Crippen molar-refractivity contribution in [3.05, 3.63) is 29.1 Å². The van der Waals surface area contributed by atoms with Gasteiger partial charge in [0.05, 0.1) is 0 Å². The van der Waals surface area contributed by atoms with Gasteiger partial charge in [-0.2, -0.15) is 0 Å². The first-order chi connectivity index (χ1) is 7.01. The van der Waals surface area contributed by atoms with Crippen molar-refractivity contribution in [3.63, 3.8) is 0 Å². The van der Waals surface area contributed by atoms with Crippen molar-refractivity contribution >= 4 is 0 Å². The van der Waals surface area contributed by atoms with E-state index in [9.17, 15) is 0 Å². The second-order valence-corrected chi connectivity index (χ2v) is 4.56. The van der Waals surface area contributed by atoms with Crippen molar-refractivity contribution in [2.75, 3.05) is 0 Å². The molecular formula is C14H25N. The van der Waals surface area contributed by atoms with Crippen molar-refractivity contribution in [1.82, 2.24) is 4.98 Å². The van der Waals surface area contributed by atoms with Crippen molar-refractivity contribution in [3.8, 4) is 0 Å². The van der Waals surface area contributed by atoms with E-state index in [1.807, 2.05) is 6.20 Å². The summed E-state index contributed by atoms with van der Waals surface area (Å²) in [6, 6.07) is 2.19. The van der Waals surface area contributed by atoms with Crippen molar-refractivity contribution in [2.45, 2.75) is 54.4 Å². The lowest BCUT2D eigenvalue weighted by Gasteiger charge is -2.06. The number of rotatable bonds is 2. The molecule has 1 aromatic heterocycles. The number of hydrogen-bond donors (Lipinski definition) is 0. The summed E-state index contributed by atoms with van der Waals surface area (Å²) in [5.74, 6) is 0.694. The van der Waals surface area contributed by atoms with Gasteiger partial charge in [0.1, 0.15) is 0 Å². The van der Waals surface area contributed by atoms with Gasteiger partial charge in [-0.05, 0) is 43.4 Å². The smallest absolute Gasteiger partial charge is 0.0409 e. The summed E-state index contributed by atoms with van der Waals surface area (Å²) >= 11 is 0. The average molecular weight is 207 g/mol. The summed E-state index contributed by atoms with van der Waals surface area (Å²) in [5.41, 5.74) is 3.84. The Morgan fingerprint density at radius 3 is 2.07 bits per heavy atom. The third-order valence-corrected chi connectivity index (χ3v) is 2.05. The van der Waals surface area contributed by atoms with Crippen molar-refractivity contribution < 1.29 is 0 Å². The molecule has 1 rings (SSSR count). The minimum atomic E-state index is 0.694. The first-order valence-corrected chi connectivity index (χ1v) is 5.93. The number of aromatic nitrogens is 1. The first-order valence-electron chi connectivity index (χ1n) is 5.93. The Morgan fingerprint density at radius 2 is 1.67 bits per heavy atom. The number of nitrogens with zero attached hydrogens (tertiary/aromatic N) is 1. The Balaban J connectivity index is 0.000000583. The van der Waals surface area contributed by atoms with E-state index in [1.165, 1.54) is 23.2 Å². The van der Waals surface area contributed by atoms with E-state index in [0.717, 1.165) is 6.42 Å². The van der Waals surface area contributed by atoms with Gasteiger partial charge in [0.25, 0.3) is 0 Å². The molecule has 1 nitrogen and oxygen atoms in total. The van der Waals surface area contributed by atoms with E-state index < -0.39 is 0 Å². The van der Waals surface area contributed by atoms with E-state index in [4.69, 9.17) is 0 Å². The molecule has 0 spiro atoms. The maximum atomic E-state index is 4.38. The standard InChI is InChI=1S/C11H17N.C3H8/c1-8(2)5-11-6-9(3)10(4)7-12-11;1-3-2/h6-8H,5H2,1-4H3;3H2,1-2H3. The normalized spacial score (nSPS) is 9.80. The molecule has 86 valence electrons. The zero-order valence-electron chi connectivity index (χ0n) is 11.1. The maximum Gasteiger partial charge on any atom is 0.0409 e. The predicted octanol–water partition coefficient (Wildman–Crippen LogP) is 4.31. The van der Waals surface area contributed by atoms with Gasteiger partial charge in [0.2, 0.25) is 0 Å². The molecule has 0 aromatic carbocycles. The summed E-state index contributed by atoms with van der Waals surface area (Å²) in [4.78, 5) is 4.38. The van der Waals surface area contributed by atoms with E-state index in [-0.39, 0.29) is 0 Å². The molecule has 0 amide bonds. The molecule has 0 unspecified atom stereocenters. The minimum absolute atomic E-state index is 0.694.